The first-order chi connectivity index (χ1) is 7.36. The van der Waals surface area contributed by atoms with Crippen molar-refractivity contribution in [2.24, 2.45) is 0 Å². The van der Waals surface area contributed by atoms with E-state index >= 15 is 0 Å². The summed E-state index contributed by atoms with van der Waals surface area (Å²) in [6.07, 6.45) is -1.73. The Kier molecular flexibility index (Phi) is 3.75. The van der Waals surface area contributed by atoms with Gasteiger partial charge in [0.15, 0.2) is 5.78 Å². The Bertz CT molecular complexity index is 435. The highest BCUT2D eigenvalue weighted by atomic mass is 35.5. The second-order valence-corrected chi connectivity index (χ2v) is 3.46. The highest BCUT2D eigenvalue weighted by Gasteiger charge is 2.33. The van der Waals surface area contributed by atoms with Gasteiger partial charge in [0.05, 0.1) is 10.6 Å². The fourth-order valence-corrected chi connectivity index (χ4v) is 1.43. The number of carbonyl (C=O) groups excluding carboxylic acids is 1. The normalized spacial score (nSPS) is 12.1. The topological polar surface area (TPSA) is 17.1 Å². The van der Waals surface area contributed by atoms with E-state index in [4.69, 9.17) is 11.6 Å². The number of halogens is 4. The van der Waals surface area contributed by atoms with Crippen LogP contribution in [0.4, 0.5) is 13.2 Å². The van der Waals surface area contributed by atoms with Gasteiger partial charge in [-0.15, -0.1) is 0 Å². The second-order valence-electron chi connectivity index (χ2n) is 3.06. The smallest absolute Gasteiger partial charge is 0.289 e. The van der Waals surface area contributed by atoms with Crippen LogP contribution in [0.5, 0.6) is 0 Å². The molecule has 1 nitrogen and oxygen atoms in total. The molecular weight excluding hydrogens is 241 g/mol. The maximum Gasteiger partial charge on any atom is 0.417 e. The van der Waals surface area contributed by atoms with Crippen LogP contribution in [0.15, 0.2) is 30.4 Å². The molecule has 5 heteroatoms. The number of ketones is 1. The van der Waals surface area contributed by atoms with Gasteiger partial charge in [0.2, 0.25) is 0 Å². The minimum Gasteiger partial charge on any atom is -0.289 e. The van der Waals surface area contributed by atoms with Gasteiger partial charge in [0, 0.05) is 5.56 Å². The van der Waals surface area contributed by atoms with Crippen LogP contribution in [-0.4, -0.2) is 5.78 Å². The van der Waals surface area contributed by atoms with E-state index in [1.54, 1.807) is 6.92 Å². The van der Waals surface area contributed by atoms with Crippen LogP contribution in [0.2, 0.25) is 5.02 Å². The summed E-state index contributed by atoms with van der Waals surface area (Å²) >= 11 is 5.46. The molecule has 0 fully saturated rings. The molecule has 86 valence electrons. The summed E-state index contributed by atoms with van der Waals surface area (Å²) in [6, 6.07) is 2.93. The third-order valence-electron chi connectivity index (χ3n) is 1.88. The molecule has 0 saturated carbocycles. The van der Waals surface area contributed by atoms with Gasteiger partial charge in [-0.25, -0.2) is 0 Å². The summed E-state index contributed by atoms with van der Waals surface area (Å²) in [7, 11) is 0. The van der Waals surface area contributed by atoms with Crippen molar-refractivity contribution in [2.75, 3.05) is 0 Å². The second kappa shape index (κ2) is 4.70. The van der Waals surface area contributed by atoms with Gasteiger partial charge in [-0.2, -0.15) is 13.2 Å². The van der Waals surface area contributed by atoms with Crippen molar-refractivity contribution in [1.82, 2.24) is 0 Å². The molecule has 0 aliphatic carbocycles. The number of carbonyl (C=O) groups is 1. The molecule has 1 rings (SSSR count). The van der Waals surface area contributed by atoms with Crippen molar-refractivity contribution in [3.63, 3.8) is 0 Å². The zero-order valence-corrected chi connectivity index (χ0v) is 9.06. The molecule has 0 bridgehead atoms. The summed E-state index contributed by atoms with van der Waals surface area (Å²) in [5, 5.41) is -0.470. The first kappa shape index (κ1) is 12.8. The molecule has 0 heterocycles. The van der Waals surface area contributed by atoms with Crippen LogP contribution in [0, 0.1) is 0 Å². The maximum atomic E-state index is 12.3. The number of allylic oxidation sites excluding steroid dienone is 2. The lowest BCUT2D eigenvalue weighted by Gasteiger charge is -2.09. The van der Waals surface area contributed by atoms with E-state index in [1.807, 2.05) is 0 Å². The average molecular weight is 249 g/mol. The lowest BCUT2D eigenvalue weighted by atomic mass is 10.1. The van der Waals surface area contributed by atoms with Gasteiger partial charge in [0.1, 0.15) is 0 Å². The van der Waals surface area contributed by atoms with Crippen molar-refractivity contribution >= 4 is 17.4 Å². The molecule has 0 atom stereocenters. The van der Waals surface area contributed by atoms with Crippen LogP contribution >= 0.6 is 11.6 Å². The van der Waals surface area contributed by atoms with E-state index in [1.165, 1.54) is 12.2 Å². The number of rotatable bonds is 2. The monoisotopic (exact) mass is 248 g/mol. The maximum absolute atomic E-state index is 12.3. The predicted molar refractivity (Wildman–Crippen MR) is 55.6 cm³/mol. The van der Waals surface area contributed by atoms with Gasteiger partial charge in [-0.1, -0.05) is 23.7 Å². The fourth-order valence-electron chi connectivity index (χ4n) is 1.15. The van der Waals surface area contributed by atoms with E-state index in [0.29, 0.717) is 0 Å². The lowest BCUT2D eigenvalue weighted by molar-refractivity contribution is -0.137. The number of hydrogen-bond donors (Lipinski definition) is 0. The summed E-state index contributed by atoms with van der Waals surface area (Å²) in [5.41, 5.74) is -0.803. The average Bonchev–Trinajstić information content (AvgIpc) is 2.16. The first-order valence-electron chi connectivity index (χ1n) is 4.40. The van der Waals surface area contributed by atoms with Crippen molar-refractivity contribution in [1.29, 1.82) is 0 Å². The van der Waals surface area contributed by atoms with Crippen LogP contribution in [0.3, 0.4) is 0 Å². The number of benzene rings is 1. The number of alkyl halides is 3. The first-order valence-corrected chi connectivity index (χ1v) is 4.78. The molecule has 0 N–H and O–H groups in total. The lowest BCUT2D eigenvalue weighted by Crippen LogP contribution is -2.06. The molecule has 0 unspecified atom stereocenters. The molecule has 0 spiro atoms. The van der Waals surface area contributed by atoms with E-state index in [9.17, 15) is 18.0 Å². The Hall–Kier alpha value is -1.29. The third kappa shape index (κ3) is 2.85. The van der Waals surface area contributed by atoms with E-state index in [2.05, 4.69) is 0 Å². The Morgan fingerprint density at radius 2 is 2.00 bits per heavy atom. The minimum absolute atomic E-state index is 0.135. The van der Waals surface area contributed by atoms with Gasteiger partial charge in [0.25, 0.3) is 0 Å². The molecule has 0 aliphatic heterocycles. The Morgan fingerprint density at radius 1 is 1.38 bits per heavy atom. The molecule has 1 aromatic carbocycles. The Labute approximate surface area is 95.5 Å². The molecule has 0 aliphatic rings. The highest BCUT2D eigenvalue weighted by molar-refractivity contribution is 6.32. The number of hydrogen-bond acceptors (Lipinski definition) is 1. The third-order valence-corrected chi connectivity index (χ3v) is 2.19. The van der Waals surface area contributed by atoms with Crippen LogP contribution in [0.1, 0.15) is 22.8 Å². The molecule has 0 radical (unpaired) electrons. The van der Waals surface area contributed by atoms with Crippen molar-refractivity contribution in [3.8, 4) is 0 Å². The fraction of sp³-hybridized carbons (Fsp3) is 0.182. The Morgan fingerprint density at radius 3 is 2.44 bits per heavy atom. The summed E-state index contributed by atoms with van der Waals surface area (Å²) in [6.45, 7) is 1.64. The van der Waals surface area contributed by atoms with Gasteiger partial charge in [-0.05, 0) is 25.1 Å². The van der Waals surface area contributed by atoms with E-state index in [-0.39, 0.29) is 11.3 Å². The summed E-state index contributed by atoms with van der Waals surface area (Å²) in [4.78, 5) is 11.3. The van der Waals surface area contributed by atoms with Crippen LogP contribution < -0.4 is 0 Å². The molecule has 0 saturated heterocycles. The Balaban J connectivity index is 3.14. The van der Waals surface area contributed by atoms with E-state index < -0.39 is 16.8 Å². The van der Waals surface area contributed by atoms with Crippen molar-refractivity contribution in [2.45, 2.75) is 13.1 Å². The predicted octanol–water partition coefficient (Wildman–Crippen LogP) is 4.12. The van der Waals surface area contributed by atoms with Gasteiger partial charge < -0.3 is 0 Å². The standard InChI is InChI=1S/C11H8ClF3O/c1-2-3-10(16)7-4-5-8(9(12)6-7)11(13,14)15/h2-6H,1H3/b3-2+. The molecule has 16 heavy (non-hydrogen) atoms. The largest absolute Gasteiger partial charge is 0.417 e. The van der Waals surface area contributed by atoms with Crippen molar-refractivity contribution < 1.29 is 18.0 Å². The quantitative estimate of drug-likeness (QED) is 0.568. The van der Waals surface area contributed by atoms with Gasteiger partial charge in [-0.3, -0.25) is 4.79 Å². The molecular formula is C11H8ClF3O. The van der Waals surface area contributed by atoms with E-state index in [0.717, 1.165) is 18.2 Å². The molecule has 0 amide bonds. The van der Waals surface area contributed by atoms with Crippen LogP contribution in [0.25, 0.3) is 0 Å². The zero-order chi connectivity index (χ0) is 12.3. The summed E-state index contributed by atoms with van der Waals surface area (Å²) in [5.74, 6) is -0.377. The van der Waals surface area contributed by atoms with Crippen molar-refractivity contribution in [3.05, 3.63) is 46.5 Å². The highest BCUT2D eigenvalue weighted by Crippen LogP contribution is 2.34. The SMILES string of the molecule is C/C=C/C(=O)c1ccc(C(F)(F)F)c(Cl)c1. The molecule has 1 aromatic rings. The molecule has 0 aromatic heterocycles. The van der Waals surface area contributed by atoms with Crippen LogP contribution in [-0.2, 0) is 6.18 Å². The zero-order valence-electron chi connectivity index (χ0n) is 8.31. The minimum atomic E-state index is -4.50. The van der Waals surface area contributed by atoms with Gasteiger partial charge >= 0.3 is 6.18 Å². The summed E-state index contributed by atoms with van der Waals surface area (Å²) < 4.78 is 37.0.